The van der Waals surface area contributed by atoms with Gasteiger partial charge >= 0.3 is 11.9 Å². The molecule has 8 heteroatoms. The lowest BCUT2D eigenvalue weighted by molar-refractivity contribution is -0.246. The van der Waals surface area contributed by atoms with Gasteiger partial charge in [-0.2, -0.15) is 0 Å². The highest BCUT2D eigenvalue weighted by Crippen LogP contribution is 2.38. The van der Waals surface area contributed by atoms with Crippen LogP contribution >= 0.6 is 11.8 Å². The minimum Gasteiger partial charge on any atom is -0.463 e. The number of ether oxygens (including phenoxy) is 5. The van der Waals surface area contributed by atoms with Gasteiger partial charge in [-0.1, -0.05) is 90.6 Å². The number of hydrogen-bond donors (Lipinski definition) is 0. The van der Waals surface area contributed by atoms with Gasteiger partial charge < -0.3 is 23.7 Å². The lowest BCUT2D eigenvalue weighted by Crippen LogP contribution is -2.60. The second-order valence-corrected chi connectivity index (χ2v) is 10.0. The van der Waals surface area contributed by atoms with E-state index in [1.165, 1.54) is 25.6 Å². The monoisotopic (exact) mass is 536 g/mol. The van der Waals surface area contributed by atoms with E-state index in [2.05, 4.69) is 0 Å². The molecule has 1 heterocycles. The molecule has 0 aromatic heterocycles. The fourth-order valence-corrected chi connectivity index (χ4v) is 5.32. The van der Waals surface area contributed by atoms with E-state index in [0.29, 0.717) is 6.61 Å². The average molecular weight is 537 g/mol. The van der Waals surface area contributed by atoms with E-state index < -0.39 is 41.8 Å². The first-order valence-electron chi connectivity index (χ1n) is 12.5. The summed E-state index contributed by atoms with van der Waals surface area (Å²) in [6.07, 6.45) is -2.91. The molecule has 5 atom stereocenters. The summed E-state index contributed by atoms with van der Waals surface area (Å²) >= 11 is 1.48. The first-order valence-corrected chi connectivity index (χ1v) is 13.4. The van der Waals surface area contributed by atoms with Gasteiger partial charge in [-0.3, -0.25) is 9.59 Å². The van der Waals surface area contributed by atoms with E-state index in [1.54, 1.807) is 0 Å². The third kappa shape index (κ3) is 8.16. The normalized spacial score (nSPS) is 22.9. The molecular weight excluding hydrogens is 504 g/mol. The molecule has 0 saturated carbocycles. The molecule has 4 rings (SSSR count). The Balaban J connectivity index is 1.67. The van der Waals surface area contributed by atoms with E-state index in [1.807, 2.05) is 91.0 Å². The highest BCUT2D eigenvalue weighted by molar-refractivity contribution is 7.99. The predicted octanol–water partition coefficient (Wildman–Crippen LogP) is 5.17. The summed E-state index contributed by atoms with van der Waals surface area (Å²) in [5.41, 5.74) is 1.42. The molecule has 38 heavy (non-hydrogen) atoms. The Labute approximate surface area is 227 Å². The van der Waals surface area contributed by atoms with Crippen molar-refractivity contribution in [2.45, 2.75) is 61.8 Å². The van der Waals surface area contributed by atoms with Crippen LogP contribution in [0, 0.1) is 0 Å². The third-order valence-corrected chi connectivity index (χ3v) is 7.07. The molecule has 1 fully saturated rings. The van der Waals surface area contributed by atoms with Gasteiger partial charge in [0.25, 0.3) is 0 Å². The zero-order valence-corrected chi connectivity index (χ0v) is 22.3. The molecule has 0 radical (unpaired) electrons. The fourth-order valence-electron chi connectivity index (χ4n) is 4.17. The van der Waals surface area contributed by atoms with Crippen molar-refractivity contribution in [2.75, 3.05) is 6.61 Å². The predicted molar refractivity (Wildman–Crippen MR) is 143 cm³/mol. The smallest absolute Gasteiger partial charge is 0.303 e. The minimum atomic E-state index is -0.857. The largest absolute Gasteiger partial charge is 0.463 e. The summed E-state index contributed by atoms with van der Waals surface area (Å²) in [6, 6.07) is 29.4. The van der Waals surface area contributed by atoms with Crippen molar-refractivity contribution in [2.24, 2.45) is 0 Å². The van der Waals surface area contributed by atoms with E-state index in [-0.39, 0.29) is 13.2 Å². The van der Waals surface area contributed by atoms with E-state index >= 15 is 0 Å². The number of esters is 2. The van der Waals surface area contributed by atoms with Crippen LogP contribution in [0.25, 0.3) is 0 Å². The number of thioether (sulfide) groups is 1. The Hall–Kier alpha value is -3.17. The topological polar surface area (TPSA) is 80.3 Å². The fraction of sp³-hybridized carbons (Fsp3) is 0.333. The van der Waals surface area contributed by atoms with Crippen molar-refractivity contribution in [1.82, 2.24) is 0 Å². The molecule has 0 N–H and O–H groups in total. The molecule has 1 saturated heterocycles. The van der Waals surface area contributed by atoms with Crippen LogP contribution in [0.1, 0.15) is 25.0 Å². The number of benzene rings is 3. The first kappa shape index (κ1) is 27.9. The van der Waals surface area contributed by atoms with Gasteiger partial charge in [-0.25, -0.2) is 0 Å². The standard InChI is InChI=1S/C30H32O7S/c1-21(31)33-20-26-27(36-22(2)32)28(34-18-23-12-6-3-7-13-23)29(35-19-24-14-8-4-9-15-24)30(37-26)38-25-16-10-5-11-17-25/h3-17,26-30H,18-20H2,1-2H3/t26-,27+,28-,29+,30-/m0/s1. The molecule has 0 amide bonds. The van der Waals surface area contributed by atoms with Crippen molar-refractivity contribution < 1.29 is 33.3 Å². The lowest BCUT2D eigenvalue weighted by Gasteiger charge is -2.45. The molecule has 1 aliphatic heterocycles. The second kappa shape index (κ2) is 14.1. The van der Waals surface area contributed by atoms with Crippen molar-refractivity contribution in [3.63, 3.8) is 0 Å². The Bertz CT molecular complexity index is 1140. The van der Waals surface area contributed by atoms with Crippen LogP contribution in [0.3, 0.4) is 0 Å². The number of carbonyl (C=O) groups is 2. The molecule has 200 valence electrons. The number of hydrogen-bond acceptors (Lipinski definition) is 8. The molecule has 0 bridgehead atoms. The van der Waals surface area contributed by atoms with Crippen LogP contribution in [0.5, 0.6) is 0 Å². The summed E-state index contributed by atoms with van der Waals surface area (Å²) < 4.78 is 30.4. The van der Waals surface area contributed by atoms with E-state index in [0.717, 1.165) is 16.0 Å². The van der Waals surface area contributed by atoms with Crippen LogP contribution in [-0.4, -0.2) is 48.4 Å². The maximum Gasteiger partial charge on any atom is 0.303 e. The van der Waals surface area contributed by atoms with Crippen LogP contribution < -0.4 is 0 Å². The van der Waals surface area contributed by atoms with E-state index in [4.69, 9.17) is 23.7 Å². The molecule has 0 aliphatic carbocycles. The van der Waals surface area contributed by atoms with Crippen LogP contribution in [-0.2, 0) is 46.5 Å². The summed E-state index contributed by atoms with van der Waals surface area (Å²) in [6.45, 7) is 3.16. The van der Waals surface area contributed by atoms with Crippen molar-refractivity contribution in [1.29, 1.82) is 0 Å². The highest BCUT2D eigenvalue weighted by atomic mass is 32.2. The Morgan fingerprint density at radius 2 is 1.24 bits per heavy atom. The SMILES string of the molecule is CC(=O)OC[C@@H]1O[C@@H](Sc2ccccc2)[C@H](OCc2ccccc2)[C@@H](OCc2ccccc2)[C@@H]1OC(C)=O. The van der Waals surface area contributed by atoms with Crippen LogP contribution in [0.2, 0.25) is 0 Å². The summed E-state index contributed by atoms with van der Waals surface area (Å²) in [4.78, 5) is 24.8. The summed E-state index contributed by atoms with van der Waals surface area (Å²) in [5, 5.41) is 0. The number of carbonyl (C=O) groups excluding carboxylic acids is 2. The molecule has 3 aromatic carbocycles. The Morgan fingerprint density at radius 3 is 1.76 bits per heavy atom. The van der Waals surface area contributed by atoms with Gasteiger partial charge in [-0.15, -0.1) is 0 Å². The van der Waals surface area contributed by atoms with Gasteiger partial charge in [0.1, 0.15) is 30.4 Å². The maximum atomic E-state index is 12.2. The Kier molecular flexibility index (Phi) is 10.3. The minimum absolute atomic E-state index is 0.0876. The van der Waals surface area contributed by atoms with Gasteiger partial charge in [-0.05, 0) is 23.3 Å². The van der Waals surface area contributed by atoms with Crippen molar-refractivity contribution in [3.8, 4) is 0 Å². The molecule has 0 spiro atoms. The van der Waals surface area contributed by atoms with Crippen LogP contribution in [0.15, 0.2) is 95.9 Å². The Morgan fingerprint density at radius 1 is 0.711 bits per heavy atom. The first-order chi connectivity index (χ1) is 18.5. The van der Waals surface area contributed by atoms with Gasteiger partial charge in [0.05, 0.1) is 13.2 Å². The van der Waals surface area contributed by atoms with Crippen LogP contribution in [0.4, 0.5) is 0 Å². The molecular formula is C30H32O7S. The zero-order valence-electron chi connectivity index (χ0n) is 21.4. The second-order valence-electron chi connectivity index (χ2n) is 8.87. The molecule has 1 aliphatic rings. The van der Waals surface area contributed by atoms with Crippen molar-refractivity contribution in [3.05, 3.63) is 102 Å². The quantitative estimate of drug-likeness (QED) is 0.311. The lowest BCUT2D eigenvalue weighted by atomic mass is 9.99. The molecule has 0 unspecified atom stereocenters. The van der Waals surface area contributed by atoms with Gasteiger partial charge in [0.2, 0.25) is 0 Å². The zero-order chi connectivity index (χ0) is 26.7. The molecule has 7 nitrogen and oxygen atoms in total. The summed E-state index contributed by atoms with van der Waals surface area (Å²) in [7, 11) is 0. The van der Waals surface area contributed by atoms with Gasteiger partial charge in [0.15, 0.2) is 6.10 Å². The van der Waals surface area contributed by atoms with Crippen molar-refractivity contribution >= 4 is 23.7 Å². The molecule has 3 aromatic rings. The highest BCUT2D eigenvalue weighted by Gasteiger charge is 2.50. The average Bonchev–Trinajstić information content (AvgIpc) is 2.92. The number of rotatable bonds is 11. The third-order valence-electron chi connectivity index (χ3n) is 5.91. The summed E-state index contributed by atoms with van der Waals surface area (Å²) in [5.74, 6) is -0.942. The van der Waals surface area contributed by atoms with Gasteiger partial charge in [0, 0.05) is 18.7 Å². The van der Waals surface area contributed by atoms with E-state index in [9.17, 15) is 9.59 Å². The maximum absolute atomic E-state index is 12.2.